The van der Waals surface area contributed by atoms with Crippen molar-refractivity contribution < 1.29 is 9.66 Å². The average Bonchev–Trinajstić information content (AvgIpc) is 3.13. The van der Waals surface area contributed by atoms with Crippen molar-refractivity contribution in [3.63, 3.8) is 0 Å². The van der Waals surface area contributed by atoms with Crippen molar-refractivity contribution in [2.24, 2.45) is 0 Å². The largest absolute Gasteiger partial charge is 0.376 e. The number of piperazine rings is 1. The molecule has 1 aromatic heterocycles. The van der Waals surface area contributed by atoms with Gasteiger partial charge in [-0.25, -0.2) is 9.97 Å². The van der Waals surface area contributed by atoms with Crippen LogP contribution in [0.1, 0.15) is 19.8 Å². The van der Waals surface area contributed by atoms with Crippen LogP contribution in [-0.4, -0.2) is 71.8 Å². The first-order chi connectivity index (χ1) is 11.7. The number of hydrogen-bond acceptors (Lipinski definition) is 8. The highest BCUT2D eigenvalue weighted by atomic mass is 16.6. The lowest BCUT2D eigenvalue weighted by molar-refractivity contribution is -0.383. The number of likely N-dealkylation sites (N-methyl/N-ethyl adjacent to an activating group) is 1. The fourth-order valence-corrected chi connectivity index (χ4v) is 3.19. The van der Waals surface area contributed by atoms with Crippen LogP contribution in [0.5, 0.6) is 0 Å². The number of aromatic nitrogens is 2. The van der Waals surface area contributed by atoms with Gasteiger partial charge in [0.2, 0.25) is 11.6 Å². The van der Waals surface area contributed by atoms with E-state index in [0.29, 0.717) is 12.4 Å². The summed E-state index contributed by atoms with van der Waals surface area (Å²) < 4.78 is 5.55. The second-order valence-corrected chi connectivity index (χ2v) is 6.09. The number of nitrogens with one attached hydrogen (secondary N) is 1. The summed E-state index contributed by atoms with van der Waals surface area (Å²) in [5.74, 6) is 0.680. The molecule has 2 fully saturated rings. The fourth-order valence-electron chi connectivity index (χ4n) is 3.19. The first-order valence-electron chi connectivity index (χ1n) is 8.51. The Labute approximate surface area is 141 Å². The van der Waals surface area contributed by atoms with Gasteiger partial charge in [0, 0.05) is 39.3 Å². The van der Waals surface area contributed by atoms with E-state index in [1.165, 1.54) is 6.33 Å². The summed E-state index contributed by atoms with van der Waals surface area (Å²) in [7, 11) is 0. The van der Waals surface area contributed by atoms with Crippen molar-refractivity contribution in [2.45, 2.75) is 25.9 Å². The summed E-state index contributed by atoms with van der Waals surface area (Å²) in [5.41, 5.74) is -0.0413. The first kappa shape index (κ1) is 16.8. The molecule has 0 amide bonds. The van der Waals surface area contributed by atoms with Gasteiger partial charge in [-0.2, -0.15) is 0 Å². The number of hydrogen-bond donors (Lipinski definition) is 1. The SMILES string of the molecule is CCN1CCN(c2ncnc(NCC3CCCO3)c2[N+](=O)[O-])CC1. The zero-order valence-corrected chi connectivity index (χ0v) is 14.0. The van der Waals surface area contributed by atoms with Gasteiger partial charge in [0.15, 0.2) is 0 Å². The van der Waals surface area contributed by atoms with Crippen molar-refractivity contribution in [2.75, 3.05) is 56.1 Å². The zero-order valence-electron chi connectivity index (χ0n) is 14.0. The van der Waals surface area contributed by atoms with E-state index in [-0.39, 0.29) is 22.5 Å². The van der Waals surface area contributed by atoms with Gasteiger partial charge in [-0.05, 0) is 19.4 Å². The van der Waals surface area contributed by atoms with Crippen molar-refractivity contribution in [1.29, 1.82) is 0 Å². The van der Waals surface area contributed by atoms with E-state index >= 15 is 0 Å². The van der Waals surface area contributed by atoms with Crippen LogP contribution in [0.25, 0.3) is 0 Å². The molecule has 9 heteroatoms. The highest BCUT2D eigenvalue weighted by Crippen LogP contribution is 2.32. The van der Waals surface area contributed by atoms with E-state index in [1.54, 1.807) is 0 Å². The van der Waals surface area contributed by atoms with Gasteiger partial charge < -0.3 is 19.9 Å². The smallest absolute Gasteiger partial charge is 0.353 e. The third-order valence-corrected chi connectivity index (χ3v) is 4.63. The minimum absolute atomic E-state index is 0.0413. The number of anilines is 2. The molecule has 0 spiro atoms. The van der Waals surface area contributed by atoms with Gasteiger partial charge in [-0.15, -0.1) is 0 Å². The molecular formula is C15H24N6O3. The van der Waals surface area contributed by atoms with Crippen LogP contribution in [0.4, 0.5) is 17.3 Å². The first-order valence-corrected chi connectivity index (χ1v) is 8.51. The molecule has 3 rings (SSSR count). The molecule has 0 radical (unpaired) electrons. The maximum Gasteiger partial charge on any atom is 0.353 e. The Balaban J connectivity index is 1.76. The highest BCUT2D eigenvalue weighted by Gasteiger charge is 2.29. The van der Waals surface area contributed by atoms with E-state index in [9.17, 15) is 10.1 Å². The Morgan fingerprint density at radius 2 is 2.17 bits per heavy atom. The molecule has 0 aliphatic carbocycles. The molecule has 9 nitrogen and oxygen atoms in total. The van der Waals surface area contributed by atoms with Crippen molar-refractivity contribution in [1.82, 2.24) is 14.9 Å². The lowest BCUT2D eigenvalue weighted by atomic mass is 10.2. The summed E-state index contributed by atoms with van der Waals surface area (Å²) in [6, 6.07) is 0. The Morgan fingerprint density at radius 3 is 2.79 bits per heavy atom. The number of ether oxygens (including phenoxy) is 1. The highest BCUT2D eigenvalue weighted by molar-refractivity contribution is 5.70. The number of nitro groups is 1. The summed E-state index contributed by atoms with van der Waals surface area (Å²) >= 11 is 0. The molecule has 0 saturated carbocycles. The van der Waals surface area contributed by atoms with Crippen LogP contribution in [-0.2, 0) is 4.74 Å². The van der Waals surface area contributed by atoms with Gasteiger partial charge in [0.1, 0.15) is 6.33 Å². The molecule has 0 aromatic carbocycles. The van der Waals surface area contributed by atoms with Crippen LogP contribution in [0.3, 0.4) is 0 Å². The fraction of sp³-hybridized carbons (Fsp3) is 0.733. The molecule has 1 atom stereocenters. The van der Waals surface area contributed by atoms with Crippen LogP contribution in [0.15, 0.2) is 6.33 Å². The van der Waals surface area contributed by atoms with Crippen LogP contribution >= 0.6 is 0 Å². The van der Waals surface area contributed by atoms with Crippen molar-refractivity contribution >= 4 is 17.3 Å². The summed E-state index contributed by atoms with van der Waals surface area (Å²) in [5, 5.41) is 14.7. The Bertz CT molecular complexity index is 570. The van der Waals surface area contributed by atoms with E-state index < -0.39 is 0 Å². The summed E-state index contributed by atoms with van der Waals surface area (Å²) in [6.45, 7) is 7.64. The second kappa shape index (κ2) is 7.71. The third-order valence-electron chi connectivity index (χ3n) is 4.63. The molecule has 1 N–H and O–H groups in total. The molecule has 24 heavy (non-hydrogen) atoms. The molecule has 2 aliphatic rings. The number of nitrogens with zero attached hydrogens (tertiary/aromatic N) is 5. The predicted octanol–water partition coefficient (Wildman–Crippen LogP) is 1.12. The van der Waals surface area contributed by atoms with Gasteiger partial charge >= 0.3 is 5.69 Å². The minimum Gasteiger partial charge on any atom is -0.376 e. The normalized spacial score (nSPS) is 21.9. The maximum absolute atomic E-state index is 11.6. The lowest BCUT2D eigenvalue weighted by Gasteiger charge is -2.34. The number of rotatable bonds is 6. The Hall–Kier alpha value is -2.00. The minimum atomic E-state index is -0.390. The molecule has 2 saturated heterocycles. The van der Waals surface area contributed by atoms with E-state index in [0.717, 1.165) is 52.2 Å². The predicted molar refractivity (Wildman–Crippen MR) is 90.5 cm³/mol. The maximum atomic E-state index is 11.6. The van der Waals surface area contributed by atoms with Gasteiger partial charge in [0.25, 0.3) is 0 Å². The van der Waals surface area contributed by atoms with Gasteiger partial charge in [-0.3, -0.25) is 10.1 Å². The van der Waals surface area contributed by atoms with Crippen molar-refractivity contribution in [3.8, 4) is 0 Å². The molecule has 132 valence electrons. The van der Waals surface area contributed by atoms with Crippen LogP contribution < -0.4 is 10.2 Å². The standard InChI is InChI=1S/C15H24N6O3/c1-2-19-5-7-20(8-6-19)15-13(21(22)23)14(17-11-18-15)16-10-12-4-3-9-24-12/h11-12H,2-10H2,1H3,(H,16,17,18). The Kier molecular flexibility index (Phi) is 5.41. The van der Waals surface area contributed by atoms with Gasteiger partial charge in [0.05, 0.1) is 11.0 Å². The van der Waals surface area contributed by atoms with Crippen molar-refractivity contribution in [3.05, 3.63) is 16.4 Å². The molecule has 1 aromatic rings. The molecular weight excluding hydrogens is 312 g/mol. The lowest BCUT2D eigenvalue weighted by Crippen LogP contribution is -2.46. The third kappa shape index (κ3) is 3.73. The van der Waals surface area contributed by atoms with E-state index in [2.05, 4.69) is 27.1 Å². The van der Waals surface area contributed by atoms with Gasteiger partial charge in [-0.1, -0.05) is 6.92 Å². The molecule has 2 aliphatic heterocycles. The Morgan fingerprint density at radius 1 is 1.38 bits per heavy atom. The second-order valence-electron chi connectivity index (χ2n) is 6.09. The van der Waals surface area contributed by atoms with E-state index in [1.807, 2.05) is 4.90 Å². The summed E-state index contributed by atoms with van der Waals surface area (Å²) in [4.78, 5) is 23.8. The quantitative estimate of drug-likeness (QED) is 0.610. The molecule has 1 unspecified atom stereocenters. The zero-order chi connectivity index (χ0) is 16.9. The van der Waals surface area contributed by atoms with Crippen LogP contribution in [0, 0.1) is 10.1 Å². The van der Waals surface area contributed by atoms with E-state index in [4.69, 9.17) is 4.74 Å². The molecule has 3 heterocycles. The average molecular weight is 336 g/mol. The topological polar surface area (TPSA) is 96.7 Å². The van der Waals surface area contributed by atoms with Crippen LogP contribution in [0.2, 0.25) is 0 Å². The summed E-state index contributed by atoms with van der Waals surface area (Å²) in [6.07, 6.45) is 3.49. The monoisotopic (exact) mass is 336 g/mol. The molecule has 0 bridgehead atoms.